The quantitative estimate of drug-likeness (QED) is 0.909. The molecule has 0 aliphatic heterocycles. The van der Waals surface area contributed by atoms with E-state index in [-0.39, 0.29) is 0 Å². The summed E-state index contributed by atoms with van der Waals surface area (Å²) in [4.78, 5) is 0.325. The fraction of sp³-hybridized carbons (Fsp3) is 0.571. The van der Waals surface area contributed by atoms with Gasteiger partial charge < -0.3 is 5.32 Å². The second-order valence-electron chi connectivity index (χ2n) is 5.76. The Morgan fingerprint density at radius 2 is 2.05 bits per heavy atom. The Balaban J connectivity index is 2.11. The average Bonchev–Trinajstić information content (AvgIpc) is 2.27. The number of nitrogens with one attached hydrogen (secondary N) is 1. The fourth-order valence-corrected chi connectivity index (χ4v) is 3.76. The second kappa shape index (κ2) is 5.43. The van der Waals surface area contributed by atoms with E-state index in [1.165, 1.54) is 25.5 Å². The summed E-state index contributed by atoms with van der Waals surface area (Å²) in [6, 6.07) is 5.02. The highest BCUT2D eigenvalue weighted by Gasteiger charge is 2.31. The summed E-state index contributed by atoms with van der Waals surface area (Å²) in [5, 5.41) is 3.86. The molecule has 1 saturated carbocycles. The van der Waals surface area contributed by atoms with E-state index < -0.39 is 9.84 Å². The number of rotatable bonds is 5. The number of benzene rings is 1. The second-order valence-corrected chi connectivity index (χ2v) is 8.15. The molecule has 19 heavy (non-hydrogen) atoms. The van der Waals surface area contributed by atoms with Crippen LogP contribution in [0.5, 0.6) is 0 Å². The van der Waals surface area contributed by atoms with E-state index in [2.05, 4.69) is 12.2 Å². The molecule has 2 rings (SSSR count). The Hall–Kier alpha value is -0.580. The molecule has 1 aliphatic carbocycles. The topological polar surface area (TPSA) is 46.2 Å². The van der Waals surface area contributed by atoms with Crippen LogP contribution >= 0.6 is 11.6 Å². The van der Waals surface area contributed by atoms with Gasteiger partial charge in [-0.1, -0.05) is 31.0 Å². The van der Waals surface area contributed by atoms with E-state index in [1.54, 1.807) is 18.2 Å². The van der Waals surface area contributed by atoms with Crippen molar-refractivity contribution in [2.75, 3.05) is 12.8 Å². The summed E-state index contributed by atoms with van der Waals surface area (Å²) in [6.45, 7) is 3.66. The molecule has 0 unspecified atom stereocenters. The zero-order valence-electron chi connectivity index (χ0n) is 11.4. The molecule has 1 aromatic carbocycles. The van der Waals surface area contributed by atoms with Crippen LogP contribution in [0.1, 0.15) is 31.7 Å². The summed E-state index contributed by atoms with van der Waals surface area (Å²) >= 11 is 6.13. The van der Waals surface area contributed by atoms with Crippen LogP contribution in [0.2, 0.25) is 5.02 Å². The van der Waals surface area contributed by atoms with Crippen molar-refractivity contribution in [1.29, 1.82) is 0 Å². The molecular formula is C14H20ClNO2S. The fourth-order valence-electron chi connectivity index (χ4n) is 2.50. The lowest BCUT2D eigenvalue weighted by atomic mass is 9.70. The van der Waals surface area contributed by atoms with Crippen molar-refractivity contribution in [1.82, 2.24) is 5.32 Å². The monoisotopic (exact) mass is 301 g/mol. The predicted molar refractivity (Wildman–Crippen MR) is 78.2 cm³/mol. The molecule has 106 valence electrons. The number of halogens is 1. The summed E-state index contributed by atoms with van der Waals surface area (Å²) < 4.78 is 23.5. The average molecular weight is 302 g/mol. The van der Waals surface area contributed by atoms with E-state index in [9.17, 15) is 8.42 Å². The van der Waals surface area contributed by atoms with E-state index in [0.717, 1.165) is 6.54 Å². The minimum atomic E-state index is -3.24. The lowest BCUT2D eigenvalue weighted by Gasteiger charge is -2.38. The first-order chi connectivity index (χ1) is 8.82. The molecule has 0 radical (unpaired) electrons. The highest BCUT2D eigenvalue weighted by molar-refractivity contribution is 7.90. The summed E-state index contributed by atoms with van der Waals surface area (Å²) in [6.07, 6.45) is 4.98. The van der Waals surface area contributed by atoms with Crippen LogP contribution in [-0.2, 0) is 16.4 Å². The molecule has 1 N–H and O–H groups in total. The number of sulfone groups is 1. The summed E-state index contributed by atoms with van der Waals surface area (Å²) in [7, 11) is -3.24. The number of hydrogen-bond donors (Lipinski definition) is 1. The highest BCUT2D eigenvalue weighted by atomic mass is 35.5. The molecule has 0 saturated heterocycles. The van der Waals surface area contributed by atoms with Gasteiger partial charge in [0, 0.05) is 29.9 Å². The zero-order valence-corrected chi connectivity index (χ0v) is 12.9. The Bertz CT molecular complexity index is 565. The minimum absolute atomic E-state index is 0.325. The van der Waals surface area contributed by atoms with Crippen LogP contribution in [0.15, 0.2) is 23.1 Å². The maximum Gasteiger partial charge on any atom is 0.175 e. The molecule has 1 fully saturated rings. The molecule has 0 amide bonds. The predicted octanol–water partition coefficient (Wildman–Crippen LogP) is 3.02. The first-order valence-corrected chi connectivity index (χ1v) is 8.77. The molecule has 0 bridgehead atoms. The van der Waals surface area contributed by atoms with Gasteiger partial charge in [0.1, 0.15) is 0 Å². The normalized spacial score (nSPS) is 18.1. The molecule has 5 heteroatoms. The van der Waals surface area contributed by atoms with Crippen LogP contribution in [0, 0.1) is 5.41 Å². The molecule has 0 heterocycles. The van der Waals surface area contributed by atoms with Crippen LogP contribution in [0.4, 0.5) is 0 Å². The van der Waals surface area contributed by atoms with E-state index in [4.69, 9.17) is 11.6 Å². The third-order valence-corrected chi connectivity index (χ3v) is 5.43. The molecule has 3 nitrogen and oxygen atoms in total. The smallest absolute Gasteiger partial charge is 0.175 e. The molecular weight excluding hydrogens is 282 g/mol. The maximum atomic E-state index is 11.7. The Labute approximate surface area is 120 Å². The van der Waals surface area contributed by atoms with Crippen LogP contribution in [0.3, 0.4) is 0 Å². The summed E-state index contributed by atoms with van der Waals surface area (Å²) in [5.74, 6) is 0. The largest absolute Gasteiger partial charge is 0.312 e. The van der Waals surface area contributed by atoms with Gasteiger partial charge in [0.15, 0.2) is 9.84 Å². The van der Waals surface area contributed by atoms with Gasteiger partial charge >= 0.3 is 0 Å². The van der Waals surface area contributed by atoms with E-state index in [1.807, 2.05) is 0 Å². The van der Waals surface area contributed by atoms with Crippen molar-refractivity contribution in [3.8, 4) is 0 Å². The van der Waals surface area contributed by atoms with Gasteiger partial charge in [-0.3, -0.25) is 0 Å². The van der Waals surface area contributed by atoms with Crippen molar-refractivity contribution >= 4 is 21.4 Å². The van der Waals surface area contributed by atoms with Gasteiger partial charge in [-0.05, 0) is 30.4 Å². The zero-order chi connectivity index (χ0) is 14.1. The molecule has 1 aliphatic rings. The lowest BCUT2D eigenvalue weighted by molar-refractivity contribution is 0.156. The summed E-state index contributed by atoms with van der Waals surface area (Å²) in [5.41, 5.74) is 1.04. The third-order valence-electron chi connectivity index (χ3n) is 3.89. The maximum absolute atomic E-state index is 11.7. The molecule has 0 spiro atoms. The van der Waals surface area contributed by atoms with Crippen molar-refractivity contribution in [3.05, 3.63) is 28.8 Å². The standard InChI is InChI=1S/C14H20ClNO2S/c1-14(7-4-8-14)10-16-9-11-12(15)5-3-6-13(11)19(2,17)18/h3,5-6,16H,4,7-10H2,1-2H3. The lowest BCUT2D eigenvalue weighted by Crippen LogP contribution is -2.37. The van der Waals surface area contributed by atoms with Crippen LogP contribution < -0.4 is 5.32 Å². The number of hydrogen-bond acceptors (Lipinski definition) is 3. The van der Waals surface area contributed by atoms with Crippen molar-refractivity contribution < 1.29 is 8.42 Å². The Morgan fingerprint density at radius 3 is 2.58 bits per heavy atom. The first kappa shape index (κ1) is 14.8. The molecule has 0 aromatic heterocycles. The van der Waals surface area contributed by atoms with E-state index in [0.29, 0.717) is 27.4 Å². The van der Waals surface area contributed by atoms with Gasteiger partial charge in [0.25, 0.3) is 0 Å². The van der Waals surface area contributed by atoms with Gasteiger partial charge in [-0.25, -0.2) is 8.42 Å². The van der Waals surface area contributed by atoms with Crippen LogP contribution in [0.25, 0.3) is 0 Å². The van der Waals surface area contributed by atoms with Crippen molar-refractivity contribution in [2.45, 2.75) is 37.6 Å². The Morgan fingerprint density at radius 1 is 1.37 bits per heavy atom. The van der Waals surface area contributed by atoms with Gasteiger partial charge in [-0.15, -0.1) is 0 Å². The molecule has 0 atom stereocenters. The van der Waals surface area contributed by atoms with Crippen molar-refractivity contribution in [2.24, 2.45) is 5.41 Å². The Kier molecular flexibility index (Phi) is 4.23. The van der Waals surface area contributed by atoms with Crippen LogP contribution in [-0.4, -0.2) is 21.2 Å². The third kappa shape index (κ3) is 3.50. The minimum Gasteiger partial charge on any atom is -0.312 e. The first-order valence-electron chi connectivity index (χ1n) is 6.50. The van der Waals surface area contributed by atoms with Gasteiger partial charge in [-0.2, -0.15) is 0 Å². The highest BCUT2D eigenvalue weighted by Crippen LogP contribution is 2.39. The van der Waals surface area contributed by atoms with Crippen molar-refractivity contribution in [3.63, 3.8) is 0 Å². The van der Waals surface area contributed by atoms with E-state index >= 15 is 0 Å². The van der Waals surface area contributed by atoms with Gasteiger partial charge in [0.2, 0.25) is 0 Å². The van der Waals surface area contributed by atoms with Gasteiger partial charge in [0.05, 0.1) is 4.90 Å². The molecule has 1 aromatic rings. The SMILES string of the molecule is CC1(CNCc2c(Cl)cccc2S(C)(=O)=O)CCC1.